The maximum absolute atomic E-state index is 13.5. The molecule has 0 saturated heterocycles. The van der Waals surface area contributed by atoms with E-state index in [-0.39, 0.29) is 31.0 Å². The van der Waals surface area contributed by atoms with Crippen molar-refractivity contribution in [3.05, 3.63) is 98.0 Å². The predicted octanol–water partition coefficient (Wildman–Crippen LogP) is 5.60. The molecule has 5 nitrogen and oxygen atoms in total. The third-order valence-corrected chi connectivity index (χ3v) is 6.33. The SMILES string of the molecule is CC(C)NC(=O)[C@@H](Cc1ccccc1)N(Cc1cccc(Br)c1)C(=O)COc1ccc(I)cc1. The molecule has 3 rings (SSSR count). The van der Waals surface area contributed by atoms with Crippen molar-refractivity contribution < 1.29 is 14.3 Å². The lowest BCUT2D eigenvalue weighted by Crippen LogP contribution is -2.52. The van der Waals surface area contributed by atoms with Crippen molar-refractivity contribution in [2.45, 2.75) is 38.9 Å². The van der Waals surface area contributed by atoms with Crippen LogP contribution in [0.3, 0.4) is 0 Å². The summed E-state index contributed by atoms with van der Waals surface area (Å²) in [6.45, 7) is 3.96. The molecule has 3 aromatic carbocycles. The fourth-order valence-corrected chi connectivity index (χ4v) is 4.33. The van der Waals surface area contributed by atoms with E-state index in [1.54, 1.807) is 4.90 Å². The summed E-state index contributed by atoms with van der Waals surface area (Å²) < 4.78 is 7.79. The smallest absolute Gasteiger partial charge is 0.261 e. The van der Waals surface area contributed by atoms with E-state index in [1.807, 2.05) is 92.7 Å². The minimum atomic E-state index is -0.684. The summed E-state index contributed by atoms with van der Waals surface area (Å²) in [6, 6.07) is 24.3. The number of benzene rings is 3. The molecule has 7 heteroatoms. The first kappa shape index (κ1) is 26.2. The number of nitrogens with one attached hydrogen (secondary N) is 1. The van der Waals surface area contributed by atoms with Crippen LogP contribution in [0, 0.1) is 3.57 Å². The van der Waals surface area contributed by atoms with Crippen molar-refractivity contribution >= 4 is 50.3 Å². The lowest BCUT2D eigenvalue weighted by Gasteiger charge is -2.32. The highest BCUT2D eigenvalue weighted by molar-refractivity contribution is 14.1. The molecular weight excluding hydrogens is 607 g/mol. The van der Waals surface area contributed by atoms with Gasteiger partial charge in [-0.25, -0.2) is 0 Å². The van der Waals surface area contributed by atoms with Crippen molar-refractivity contribution in [2.24, 2.45) is 0 Å². The molecule has 3 aromatic rings. The highest BCUT2D eigenvalue weighted by atomic mass is 127. The molecule has 178 valence electrons. The van der Waals surface area contributed by atoms with Gasteiger partial charge in [-0.05, 0) is 84.0 Å². The monoisotopic (exact) mass is 634 g/mol. The summed E-state index contributed by atoms with van der Waals surface area (Å²) in [4.78, 5) is 28.4. The van der Waals surface area contributed by atoms with Crippen LogP contribution in [-0.4, -0.2) is 35.4 Å². The summed E-state index contributed by atoms with van der Waals surface area (Å²) in [5.74, 6) is 0.178. The standard InChI is InChI=1S/C27H28BrIN2O3/c1-19(2)30-27(33)25(16-20-7-4-3-5-8-20)31(17-21-9-6-10-22(28)15-21)26(32)18-34-24-13-11-23(29)12-14-24/h3-15,19,25H,16-18H2,1-2H3,(H,30,33)/t25-/m1/s1. The zero-order valence-electron chi connectivity index (χ0n) is 19.2. The third-order valence-electron chi connectivity index (χ3n) is 5.12. The molecule has 0 saturated carbocycles. The van der Waals surface area contributed by atoms with Gasteiger partial charge in [-0.1, -0.05) is 58.4 Å². The molecule has 0 aliphatic rings. The Hall–Kier alpha value is -2.39. The van der Waals surface area contributed by atoms with Crippen LogP contribution in [0.2, 0.25) is 0 Å². The molecule has 0 spiro atoms. The number of amides is 2. The number of carbonyl (C=O) groups excluding carboxylic acids is 2. The summed E-state index contributed by atoms with van der Waals surface area (Å²) in [5.41, 5.74) is 1.91. The van der Waals surface area contributed by atoms with Crippen LogP contribution in [0.5, 0.6) is 5.75 Å². The second kappa shape index (κ2) is 12.9. The summed E-state index contributed by atoms with van der Waals surface area (Å²) >= 11 is 5.72. The fraction of sp³-hybridized carbons (Fsp3) is 0.259. The fourth-order valence-electron chi connectivity index (χ4n) is 3.53. The largest absolute Gasteiger partial charge is 0.484 e. The first-order chi connectivity index (χ1) is 16.3. The molecule has 1 N–H and O–H groups in total. The zero-order chi connectivity index (χ0) is 24.5. The molecular formula is C27H28BrIN2O3. The Kier molecular flexibility index (Phi) is 9.95. The van der Waals surface area contributed by atoms with Crippen LogP contribution in [-0.2, 0) is 22.6 Å². The number of nitrogens with zero attached hydrogens (tertiary/aromatic N) is 1. The van der Waals surface area contributed by atoms with Crippen molar-refractivity contribution in [1.29, 1.82) is 0 Å². The van der Waals surface area contributed by atoms with E-state index in [1.165, 1.54) is 0 Å². The quantitative estimate of drug-likeness (QED) is 0.296. The van der Waals surface area contributed by atoms with E-state index in [9.17, 15) is 9.59 Å². The minimum absolute atomic E-state index is 0.0448. The summed E-state index contributed by atoms with van der Waals surface area (Å²) in [5, 5.41) is 2.99. The Morgan fingerprint density at radius 2 is 1.65 bits per heavy atom. The molecule has 0 bridgehead atoms. The highest BCUT2D eigenvalue weighted by Gasteiger charge is 2.31. The van der Waals surface area contributed by atoms with Crippen LogP contribution in [0.15, 0.2) is 83.3 Å². The van der Waals surface area contributed by atoms with Crippen LogP contribution < -0.4 is 10.1 Å². The lowest BCUT2D eigenvalue weighted by atomic mass is 10.0. The van der Waals surface area contributed by atoms with Crippen molar-refractivity contribution in [3.63, 3.8) is 0 Å². The van der Waals surface area contributed by atoms with Gasteiger partial charge in [0.1, 0.15) is 11.8 Å². The molecule has 0 aliphatic heterocycles. The van der Waals surface area contributed by atoms with E-state index >= 15 is 0 Å². The van der Waals surface area contributed by atoms with Gasteiger partial charge in [-0.15, -0.1) is 0 Å². The normalized spacial score (nSPS) is 11.7. The zero-order valence-corrected chi connectivity index (χ0v) is 23.0. The Bertz CT molecular complexity index is 1090. The predicted molar refractivity (Wildman–Crippen MR) is 147 cm³/mol. The van der Waals surface area contributed by atoms with Gasteiger partial charge in [0.25, 0.3) is 5.91 Å². The summed E-state index contributed by atoms with van der Waals surface area (Å²) in [7, 11) is 0. The molecule has 0 fully saturated rings. The van der Waals surface area contributed by atoms with Gasteiger partial charge in [-0.3, -0.25) is 9.59 Å². The van der Waals surface area contributed by atoms with Gasteiger partial charge in [0.15, 0.2) is 6.61 Å². The third kappa shape index (κ3) is 8.13. The van der Waals surface area contributed by atoms with Gasteiger partial charge in [0.05, 0.1) is 0 Å². The number of rotatable bonds is 10. The Labute approximate surface area is 223 Å². The van der Waals surface area contributed by atoms with Gasteiger partial charge in [0.2, 0.25) is 5.91 Å². The second-order valence-electron chi connectivity index (χ2n) is 8.26. The van der Waals surface area contributed by atoms with Crippen molar-refractivity contribution in [3.8, 4) is 5.75 Å². The highest BCUT2D eigenvalue weighted by Crippen LogP contribution is 2.19. The van der Waals surface area contributed by atoms with Gasteiger partial charge in [0, 0.05) is 27.1 Å². The Morgan fingerprint density at radius 3 is 2.29 bits per heavy atom. The molecule has 1 atom stereocenters. The van der Waals surface area contributed by atoms with Crippen LogP contribution >= 0.6 is 38.5 Å². The Balaban J connectivity index is 1.90. The number of ether oxygens (including phenoxy) is 1. The topological polar surface area (TPSA) is 58.6 Å². The number of carbonyl (C=O) groups is 2. The van der Waals surface area contributed by atoms with Crippen LogP contribution in [0.25, 0.3) is 0 Å². The molecule has 0 radical (unpaired) electrons. The lowest BCUT2D eigenvalue weighted by molar-refractivity contribution is -0.143. The number of hydrogen-bond acceptors (Lipinski definition) is 3. The maximum Gasteiger partial charge on any atom is 0.261 e. The van der Waals surface area contributed by atoms with E-state index in [0.29, 0.717) is 12.2 Å². The maximum atomic E-state index is 13.5. The average Bonchev–Trinajstić information content (AvgIpc) is 2.81. The summed E-state index contributed by atoms with van der Waals surface area (Å²) in [6.07, 6.45) is 0.405. The van der Waals surface area contributed by atoms with Gasteiger partial charge < -0.3 is 15.0 Å². The van der Waals surface area contributed by atoms with E-state index in [0.717, 1.165) is 19.2 Å². The first-order valence-corrected chi connectivity index (χ1v) is 13.0. The van der Waals surface area contributed by atoms with Gasteiger partial charge >= 0.3 is 0 Å². The van der Waals surface area contributed by atoms with Crippen LogP contribution in [0.4, 0.5) is 0 Å². The molecule has 2 amide bonds. The average molecular weight is 635 g/mol. The molecule has 0 unspecified atom stereocenters. The van der Waals surface area contributed by atoms with Crippen molar-refractivity contribution in [2.75, 3.05) is 6.61 Å². The van der Waals surface area contributed by atoms with Gasteiger partial charge in [-0.2, -0.15) is 0 Å². The van der Waals surface area contributed by atoms with E-state index < -0.39 is 6.04 Å². The van der Waals surface area contributed by atoms with Crippen LogP contribution in [0.1, 0.15) is 25.0 Å². The minimum Gasteiger partial charge on any atom is -0.484 e. The molecule has 0 heterocycles. The number of halogens is 2. The van der Waals surface area contributed by atoms with E-state index in [2.05, 4.69) is 43.8 Å². The molecule has 0 aliphatic carbocycles. The molecule has 0 aromatic heterocycles. The Morgan fingerprint density at radius 1 is 0.971 bits per heavy atom. The van der Waals surface area contributed by atoms with E-state index in [4.69, 9.17) is 4.74 Å². The number of hydrogen-bond donors (Lipinski definition) is 1. The molecule has 34 heavy (non-hydrogen) atoms. The first-order valence-electron chi connectivity index (χ1n) is 11.1. The second-order valence-corrected chi connectivity index (χ2v) is 10.4. The van der Waals surface area contributed by atoms with Crippen molar-refractivity contribution in [1.82, 2.24) is 10.2 Å².